The van der Waals surface area contributed by atoms with E-state index < -0.39 is 18.6 Å². The van der Waals surface area contributed by atoms with Gasteiger partial charge in [0.25, 0.3) is 0 Å². The maximum Gasteiger partial charge on any atom is 0.330 e. The Kier molecular flexibility index (Phi) is 5.47. The summed E-state index contributed by atoms with van der Waals surface area (Å²) in [6.45, 7) is -0.411. The highest BCUT2D eigenvalue weighted by molar-refractivity contribution is 5.78. The molecule has 78 valence electrons. The van der Waals surface area contributed by atoms with Gasteiger partial charge in [0.1, 0.15) is 11.8 Å². The number of nitrogens with two attached hydrogens (primary N) is 1. The van der Waals surface area contributed by atoms with Crippen LogP contribution >= 0.6 is 0 Å². The van der Waals surface area contributed by atoms with Crippen LogP contribution in [-0.2, 0) is 4.79 Å². The molecule has 0 aromatic heterocycles. The van der Waals surface area contributed by atoms with Gasteiger partial charge in [-0.05, 0) is 12.1 Å². The number of rotatable bonds is 3. The summed E-state index contributed by atoms with van der Waals surface area (Å²) >= 11 is 0. The summed E-state index contributed by atoms with van der Waals surface area (Å²) < 4.78 is 4.84. The first-order valence-corrected chi connectivity index (χ1v) is 3.87. The first kappa shape index (κ1) is 12.6. The summed E-state index contributed by atoms with van der Waals surface area (Å²) in [6, 6.07) is 7.60. The Bertz CT molecular complexity index is 275. The molecule has 0 unspecified atom stereocenters. The lowest BCUT2D eigenvalue weighted by atomic mass is 10.3. The van der Waals surface area contributed by atoms with Crippen molar-refractivity contribution in [2.45, 2.75) is 6.04 Å². The van der Waals surface area contributed by atoms with E-state index in [0.29, 0.717) is 5.75 Å². The summed E-state index contributed by atoms with van der Waals surface area (Å²) in [5, 5.41) is 8.56. The highest BCUT2D eigenvalue weighted by Gasteiger charge is 2.13. The first-order valence-electron chi connectivity index (χ1n) is 3.87. The summed E-state index contributed by atoms with van der Waals surface area (Å²) in [5.41, 5.74) is 5.24. The molecule has 1 atom stereocenters. The Balaban J connectivity index is 0.00000169. The van der Waals surface area contributed by atoms with Crippen molar-refractivity contribution in [2.24, 2.45) is 5.73 Å². The van der Waals surface area contributed by atoms with E-state index in [-0.39, 0.29) is 5.48 Å². The molecule has 5 heteroatoms. The van der Waals surface area contributed by atoms with Crippen LogP contribution in [-0.4, -0.2) is 29.2 Å². The molecule has 1 aromatic carbocycles. The van der Waals surface area contributed by atoms with Crippen molar-refractivity contribution < 1.29 is 20.1 Å². The lowest BCUT2D eigenvalue weighted by Crippen LogP contribution is -2.37. The van der Waals surface area contributed by atoms with Crippen molar-refractivity contribution in [3.05, 3.63) is 30.3 Å². The number of hydrogen-bond acceptors (Lipinski definition) is 4. The van der Waals surface area contributed by atoms with Gasteiger partial charge in [0, 0.05) is 0 Å². The average molecular weight is 199 g/mol. The highest BCUT2D eigenvalue weighted by atomic mass is 16.5. The second-order valence-electron chi connectivity index (χ2n) is 2.52. The maximum absolute atomic E-state index is 11.0. The van der Waals surface area contributed by atoms with Gasteiger partial charge in [0.15, 0.2) is 0 Å². The van der Waals surface area contributed by atoms with Gasteiger partial charge in [-0.3, -0.25) is 0 Å². The predicted octanol–water partition coefficient (Wildman–Crippen LogP) is -0.913. The SMILES string of the molecule is N[C@@H](CO)C(=O)Oc1ccccc1.O. The van der Waals surface area contributed by atoms with Crippen LogP contribution < -0.4 is 10.5 Å². The van der Waals surface area contributed by atoms with Crippen LogP contribution in [0.3, 0.4) is 0 Å². The largest absolute Gasteiger partial charge is 0.425 e. The van der Waals surface area contributed by atoms with Crippen LogP contribution in [0.5, 0.6) is 5.75 Å². The smallest absolute Gasteiger partial charge is 0.330 e. The second-order valence-corrected chi connectivity index (χ2v) is 2.52. The molecule has 0 fully saturated rings. The predicted molar refractivity (Wildman–Crippen MR) is 50.8 cm³/mol. The number of aliphatic hydroxyl groups is 1. The van der Waals surface area contributed by atoms with Crippen molar-refractivity contribution in [1.82, 2.24) is 0 Å². The van der Waals surface area contributed by atoms with Crippen LogP contribution in [0.1, 0.15) is 0 Å². The lowest BCUT2D eigenvalue weighted by molar-refractivity contribution is -0.136. The molecule has 1 aromatic rings. The minimum atomic E-state index is -0.972. The fraction of sp³-hybridized carbons (Fsp3) is 0.222. The molecular weight excluding hydrogens is 186 g/mol. The van der Waals surface area contributed by atoms with Crippen molar-refractivity contribution in [1.29, 1.82) is 0 Å². The van der Waals surface area contributed by atoms with E-state index in [4.69, 9.17) is 15.6 Å². The number of carbonyl (C=O) groups is 1. The topological polar surface area (TPSA) is 104 Å². The van der Waals surface area contributed by atoms with Crippen LogP contribution in [0.25, 0.3) is 0 Å². The Morgan fingerprint density at radius 2 is 2.00 bits per heavy atom. The minimum absolute atomic E-state index is 0. The van der Waals surface area contributed by atoms with Gasteiger partial charge < -0.3 is 21.1 Å². The minimum Gasteiger partial charge on any atom is -0.425 e. The van der Waals surface area contributed by atoms with Gasteiger partial charge in [-0.2, -0.15) is 0 Å². The maximum atomic E-state index is 11.0. The van der Waals surface area contributed by atoms with Gasteiger partial charge >= 0.3 is 5.97 Å². The zero-order chi connectivity index (χ0) is 9.68. The molecule has 0 heterocycles. The molecular formula is C9H13NO4. The number of para-hydroxylation sites is 1. The summed E-state index contributed by atoms with van der Waals surface area (Å²) in [7, 11) is 0. The van der Waals surface area contributed by atoms with E-state index in [1.54, 1.807) is 24.3 Å². The summed E-state index contributed by atoms with van der Waals surface area (Å²) in [4.78, 5) is 11.0. The molecule has 0 spiro atoms. The third-order valence-electron chi connectivity index (χ3n) is 1.46. The quantitative estimate of drug-likeness (QED) is 0.485. The Hall–Kier alpha value is -1.43. The zero-order valence-electron chi connectivity index (χ0n) is 7.51. The number of esters is 1. The van der Waals surface area contributed by atoms with E-state index in [9.17, 15) is 4.79 Å². The van der Waals surface area contributed by atoms with Gasteiger partial charge in [-0.25, -0.2) is 4.79 Å². The third kappa shape index (κ3) is 3.53. The van der Waals surface area contributed by atoms with Crippen molar-refractivity contribution in [2.75, 3.05) is 6.61 Å². The Labute approximate surface area is 81.4 Å². The fourth-order valence-corrected chi connectivity index (χ4v) is 0.755. The summed E-state index contributed by atoms with van der Waals surface area (Å²) in [6.07, 6.45) is 0. The highest BCUT2D eigenvalue weighted by Crippen LogP contribution is 2.08. The molecule has 0 aliphatic carbocycles. The van der Waals surface area contributed by atoms with Crippen LogP contribution in [0, 0.1) is 0 Å². The van der Waals surface area contributed by atoms with E-state index in [1.807, 2.05) is 6.07 Å². The van der Waals surface area contributed by atoms with Gasteiger partial charge in [-0.1, -0.05) is 18.2 Å². The molecule has 5 nitrogen and oxygen atoms in total. The number of benzene rings is 1. The fourth-order valence-electron chi connectivity index (χ4n) is 0.755. The van der Waals surface area contributed by atoms with Crippen LogP contribution in [0.15, 0.2) is 30.3 Å². The monoisotopic (exact) mass is 199 g/mol. The molecule has 0 bridgehead atoms. The number of hydrogen-bond donors (Lipinski definition) is 2. The van der Waals surface area contributed by atoms with Gasteiger partial charge in [0.2, 0.25) is 0 Å². The number of aliphatic hydroxyl groups excluding tert-OH is 1. The number of carbonyl (C=O) groups excluding carboxylic acids is 1. The Morgan fingerprint density at radius 3 is 2.50 bits per heavy atom. The normalized spacial score (nSPS) is 11.3. The second kappa shape index (κ2) is 6.09. The standard InChI is InChI=1S/C9H11NO3.H2O/c10-8(6-11)9(12)13-7-4-2-1-3-5-7;/h1-5,8,11H,6,10H2;1H2/t8-;/m0./s1. The van der Waals surface area contributed by atoms with Crippen LogP contribution in [0.4, 0.5) is 0 Å². The average Bonchev–Trinajstić information content (AvgIpc) is 2.18. The Morgan fingerprint density at radius 1 is 1.43 bits per heavy atom. The zero-order valence-corrected chi connectivity index (χ0v) is 7.51. The molecule has 14 heavy (non-hydrogen) atoms. The molecule has 0 saturated heterocycles. The van der Waals surface area contributed by atoms with E-state index in [0.717, 1.165) is 0 Å². The van der Waals surface area contributed by atoms with Crippen molar-refractivity contribution in [3.8, 4) is 5.75 Å². The molecule has 0 saturated carbocycles. The third-order valence-corrected chi connectivity index (χ3v) is 1.46. The molecule has 5 N–H and O–H groups in total. The van der Waals surface area contributed by atoms with Gasteiger partial charge in [0.05, 0.1) is 6.61 Å². The molecule has 0 aliphatic rings. The van der Waals surface area contributed by atoms with Crippen LogP contribution in [0.2, 0.25) is 0 Å². The number of ether oxygens (including phenoxy) is 1. The van der Waals surface area contributed by atoms with Crippen molar-refractivity contribution in [3.63, 3.8) is 0 Å². The first-order chi connectivity index (χ1) is 6.24. The molecule has 0 aliphatic heterocycles. The molecule has 0 radical (unpaired) electrons. The van der Waals surface area contributed by atoms with E-state index in [2.05, 4.69) is 0 Å². The van der Waals surface area contributed by atoms with E-state index in [1.165, 1.54) is 0 Å². The summed E-state index contributed by atoms with van der Waals surface area (Å²) in [5.74, 6) is -0.204. The van der Waals surface area contributed by atoms with Crippen molar-refractivity contribution >= 4 is 5.97 Å². The van der Waals surface area contributed by atoms with E-state index >= 15 is 0 Å². The van der Waals surface area contributed by atoms with Gasteiger partial charge in [-0.15, -0.1) is 0 Å². The molecule has 0 amide bonds. The molecule has 1 rings (SSSR count). The lowest BCUT2D eigenvalue weighted by Gasteiger charge is -2.07.